The van der Waals surface area contributed by atoms with Gasteiger partial charge >= 0.3 is 0 Å². The van der Waals surface area contributed by atoms with Crippen LogP contribution in [0.25, 0.3) is 0 Å². The molecule has 4 nitrogen and oxygen atoms in total. The van der Waals surface area contributed by atoms with E-state index in [1.54, 1.807) is 0 Å². The van der Waals surface area contributed by atoms with E-state index < -0.39 is 10.1 Å². The minimum atomic E-state index is -3.88. The first-order valence-electron chi connectivity index (χ1n) is 7.10. The Labute approximate surface area is 128 Å². The van der Waals surface area contributed by atoms with Gasteiger partial charge in [-0.15, -0.1) is 0 Å². The van der Waals surface area contributed by atoms with Crippen LogP contribution in [0.3, 0.4) is 0 Å². The second kappa shape index (κ2) is 7.73. The molecule has 0 aliphatic heterocycles. The molecule has 1 atom stereocenters. The minimum absolute atomic E-state index is 0.0341. The molecule has 0 bridgehead atoms. The van der Waals surface area contributed by atoms with Crippen LogP contribution in [0, 0.1) is 5.41 Å². The van der Waals surface area contributed by atoms with E-state index in [1.807, 2.05) is 30.3 Å². The van der Waals surface area contributed by atoms with E-state index in [1.165, 1.54) is 0 Å². The zero-order chi connectivity index (χ0) is 15.9. The largest absolute Gasteiger partial charge is 0.307 e. The van der Waals surface area contributed by atoms with Crippen LogP contribution in [-0.2, 0) is 10.1 Å². The molecule has 1 aromatic carbocycles. The number of benzene rings is 1. The van der Waals surface area contributed by atoms with Crippen molar-refractivity contribution in [3.63, 3.8) is 0 Å². The fourth-order valence-corrected chi connectivity index (χ4v) is 2.36. The number of hydrogen-bond donors (Lipinski definition) is 2. The molecule has 1 aromatic rings. The predicted molar refractivity (Wildman–Crippen MR) is 86.8 cm³/mol. The molecule has 0 spiro atoms. The highest BCUT2D eigenvalue weighted by Crippen LogP contribution is 2.20. The Morgan fingerprint density at radius 1 is 1.24 bits per heavy atom. The molecule has 0 aliphatic rings. The average Bonchev–Trinajstić information content (AvgIpc) is 2.36. The predicted octanol–water partition coefficient (Wildman–Crippen LogP) is 3.20. The van der Waals surface area contributed by atoms with Crippen molar-refractivity contribution in [3.05, 3.63) is 48.0 Å². The zero-order valence-electron chi connectivity index (χ0n) is 12.9. The van der Waals surface area contributed by atoms with Gasteiger partial charge in [0.15, 0.2) is 0 Å². The normalized spacial score (nSPS) is 14.5. The van der Waals surface area contributed by atoms with Crippen LogP contribution in [0.15, 0.2) is 42.5 Å². The SMILES string of the molecule is CC(C)(C)C=C[C@H](NCCCS(=O)(=O)O)c1ccccc1. The topological polar surface area (TPSA) is 66.4 Å². The lowest BCUT2D eigenvalue weighted by molar-refractivity contribution is 0.478. The van der Waals surface area contributed by atoms with Crippen LogP contribution in [0.4, 0.5) is 0 Å². The Bertz CT molecular complexity index is 545. The van der Waals surface area contributed by atoms with E-state index in [4.69, 9.17) is 4.55 Å². The second-order valence-electron chi connectivity index (χ2n) is 6.21. The molecular weight excluding hydrogens is 286 g/mol. The van der Waals surface area contributed by atoms with Gasteiger partial charge in [-0.05, 0) is 23.9 Å². The van der Waals surface area contributed by atoms with E-state index in [0.29, 0.717) is 13.0 Å². The molecule has 0 unspecified atom stereocenters. The van der Waals surface area contributed by atoms with Gasteiger partial charge in [-0.2, -0.15) is 8.42 Å². The molecule has 5 heteroatoms. The van der Waals surface area contributed by atoms with Gasteiger partial charge in [0, 0.05) is 0 Å². The van der Waals surface area contributed by atoms with E-state index in [0.717, 1.165) is 5.56 Å². The quantitative estimate of drug-likeness (QED) is 0.461. The Kier molecular flexibility index (Phi) is 6.58. The monoisotopic (exact) mass is 311 g/mol. The lowest BCUT2D eigenvalue weighted by atomic mass is 9.94. The smallest absolute Gasteiger partial charge is 0.264 e. The number of nitrogens with one attached hydrogen (secondary N) is 1. The Morgan fingerprint density at radius 2 is 1.86 bits per heavy atom. The molecule has 0 amide bonds. The lowest BCUT2D eigenvalue weighted by Crippen LogP contribution is -2.23. The Hall–Kier alpha value is -1.17. The van der Waals surface area contributed by atoms with Gasteiger partial charge in [-0.3, -0.25) is 4.55 Å². The summed E-state index contributed by atoms with van der Waals surface area (Å²) in [5.74, 6) is -0.218. The summed E-state index contributed by atoms with van der Waals surface area (Å²) in [6, 6.07) is 10.0. The van der Waals surface area contributed by atoms with E-state index in [-0.39, 0.29) is 17.2 Å². The maximum atomic E-state index is 10.7. The highest BCUT2D eigenvalue weighted by atomic mass is 32.2. The first-order chi connectivity index (χ1) is 9.67. The van der Waals surface area contributed by atoms with Crippen LogP contribution in [0.2, 0.25) is 0 Å². The number of hydrogen-bond acceptors (Lipinski definition) is 3. The van der Waals surface area contributed by atoms with Crippen molar-refractivity contribution < 1.29 is 13.0 Å². The maximum absolute atomic E-state index is 10.7. The minimum Gasteiger partial charge on any atom is -0.307 e. The van der Waals surface area contributed by atoms with Crippen LogP contribution >= 0.6 is 0 Å². The fourth-order valence-electron chi connectivity index (χ4n) is 1.85. The molecule has 118 valence electrons. The van der Waals surface area contributed by atoms with E-state index >= 15 is 0 Å². The van der Waals surface area contributed by atoms with E-state index in [2.05, 4.69) is 38.2 Å². The van der Waals surface area contributed by atoms with Gasteiger partial charge in [-0.25, -0.2) is 0 Å². The van der Waals surface area contributed by atoms with Crippen molar-refractivity contribution in [2.45, 2.75) is 33.2 Å². The van der Waals surface area contributed by atoms with Crippen molar-refractivity contribution in [3.8, 4) is 0 Å². The third-order valence-corrected chi connectivity index (χ3v) is 3.70. The van der Waals surface area contributed by atoms with Gasteiger partial charge in [0.05, 0.1) is 11.8 Å². The highest BCUT2D eigenvalue weighted by Gasteiger charge is 2.11. The third-order valence-electron chi connectivity index (χ3n) is 2.89. The van der Waals surface area contributed by atoms with Crippen molar-refractivity contribution >= 4 is 10.1 Å². The van der Waals surface area contributed by atoms with Crippen molar-refractivity contribution in [1.29, 1.82) is 0 Å². The summed E-state index contributed by atoms with van der Waals surface area (Å²) in [5.41, 5.74) is 1.22. The van der Waals surface area contributed by atoms with Crippen molar-refractivity contribution in [2.24, 2.45) is 5.41 Å². The van der Waals surface area contributed by atoms with Crippen molar-refractivity contribution in [2.75, 3.05) is 12.3 Å². The summed E-state index contributed by atoms with van der Waals surface area (Å²) in [6.07, 6.45) is 4.62. The highest BCUT2D eigenvalue weighted by molar-refractivity contribution is 7.85. The first-order valence-corrected chi connectivity index (χ1v) is 8.71. The van der Waals surface area contributed by atoms with Crippen LogP contribution in [0.5, 0.6) is 0 Å². The van der Waals surface area contributed by atoms with Gasteiger partial charge in [0.2, 0.25) is 0 Å². The number of allylic oxidation sites excluding steroid dienone is 1. The van der Waals surface area contributed by atoms with Gasteiger partial charge in [0.1, 0.15) is 0 Å². The molecule has 21 heavy (non-hydrogen) atoms. The fraction of sp³-hybridized carbons (Fsp3) is 0.500. The Balaban J connectivity index is 2.68. The van der Waals surface area contributed by atoms with Crippen LogP contribution in [-0.4, -0.2) is 25.3 Å². The molecule has 0 aliphatic carbocycles. The molecule has 2 N–H and O–H groups in total. The van der Waals surface area contributed by atoms with E-state index in [9.17, 15) is 8.42 Å². The summed E-state index contributed by atoms with van der Waals surface area (Å²) >= 11 is 0. The molecule has 0 saturated carbocycles. The molecule has 0 radical (unpaired) electrons. The maximum Gasteiger partial charge on any atom is 0.264 e. The van der Waals surface area contributed by atoms with Gasteiger partial charge < -0.3 is 5.32 Å². The number of rotatable bonds is 7. The summed E-state index contributed by atoms with van der Waals surface area (Å²) in [7, 11) is -3.88. The summed E-state index contributed by atoms with van der Waals surface area (Å²) in [5, 5.41) is 3.32. The lowest BCUT2D eigenvalue weighted by Gasteiger charge is -2.18. The molecule has 0 aromatic heterocycles. The zero-order valence-corrected chi connectivity index (χ0v) is 13.7. The molecule has 0 heterocycles. The third kappa shape index (κ3) is 8.65. The molecule has 0 fully saturated rings. The van der Waals surface area contributed by atoms with Crippen LogP contribution in [0.1, 0.15) is 38.8 Å². The van der Waals surface area contributed by atoms with Crippen molar-refractivity contribution in [1.82, 2.24) is 5.32 Å². The second-order valence-corrected chi connectivity index (χ2v) is 7.78. The summed E-state index contributed by atoms with van der Waals surface area (Å²) < 4.78 is 30.2. The van der Waals surface area contributed by atoms with Gasteiger partial charge in [-0.1, -0.05) is 63.3 Å². The Morgan fingerprint density at radius 3 is 2.38 bits per heavy atom. The molecule has 1 rings (SSSR count). The standard InChI is InChI=1S/C16H25NO3S/c1-16(2,3)11-10-15(14-8-5-4-6-9-14)17-12-7-13-21(18,19)20/h4-6,8-11,15,17H,7,12-13H2,1-3H3,(H,18,19,20)/t15-/m0/s1. The first kappa shape index (κ1) is 17.9. The summed E-state index contributed by atoms with van der Waals surface area (Å²) in [6.45, 7) is 6.91. The van der Waals surface area contributed by atoms with Crippen LogP contribution < -0.4 is 5.32 Å². The average molecular weight is 311 g/mol. The summed E-state index contributed by atoms with van der Waals surface area (Å²) in [4.78, 5) is 0. The molecular formula is C16H25NO3S. The van der Waals surface area contributed by atoms with Gasteiger partial charge in [0.25, 0.3) is 10.1 Å². The molecule has 0 saturated heterocycles.